The van der Waals surface area contributed by atoms with Crippen molar-refractivity contribution in [1.29, 1.82) is 0 Å². The normalized spacial score (nSPS) is 11.4. The van der Waals surface area contributed by atoms with Crippen molar-refractivity contribution < 1.29 is 13.3 Å². The molecule has 0 spiro atoms. The van der Waals surface area contributed by atoms with Gasteiger partial charge in [-0.15, -0.1) is 0 Å². The number of benzene rings is 1. The molecule has 2 rings (SSSR count). The molecule has 0 aliphatic heterocycles. The fourth-order valence-electron chi connectivity index (χ4n) is 1.53. The lowest BCUT2D eigenvalue weighted by Gasteiger charge is -2.06. The molecule has 0 saturated heterocycles. The number of nitro groups is 1. The quantitative estimate of drug-likeness (QED) is 0.650. The molecular formula is C11H10ClN3O4S. The lowest BCUT2D eigenvalue weighted by Crippen LogP contribution is -2.23. The Kier molecular flexibility index (Phi) is 4.07. The molecule has 2 aromatic rings. The Morgan fingerprint density at radius 3 is 2.70 bits per heavy atom. The minimum atomic E-state index is -3.84. The molecule has 2 N–H and O–H groups in total. The summed E-state index contributed by atoms with van der Waals surface area (Å²) < 4.78 is 26.4. The van der Waals surface area contributed by atoms with E-state index in [2.05, 4.69) is 9.71 Å². The van der Waals surface area contributed by atoms with Crippen LogP contribution < -0.4 is 4.72 Å². The second kappa shape index (κ2) is 5.61. The summed E-state index contributed by atoms with van der Waals surface area (Å²) in [5, 5.41) is 10.6. The van der Waals surface area contributed by atoms with Crippen molar-refractivity contribution in [2.75, 3.05) is 0 Å². The van der Waals surface area contributed by atoms with Crippen LogP contribution in [-0.2, 0) is 16.6 Å². The van der Waals surface area contributed by atoms with E-state index in [0.29, 0.717) is 0 Å². The smallest absolute Gasteiger partial charge is 0.289 e. The monoisotopic (exact) mass is 315 g/mol. The van der Waals surface area contributed by atoms with Gasteiger partial charge in [0.05, 0.1) is 9.82 Å². The van der Waals surface area contributed by atoms with Gasteiger partial charge in [0.1, 0.15) is 5.02 Å². The third-order valence-electron chi connectivity index (χ3n) is 2.55. The summed E-state index contributed by atoms with van der Waals surface area (Å²) in [6.07, 6.45) is 3.31. The van der Waals surface area contributed by atoms with E-state index in [0.717, 1.165) is 11.6 Å². The van der Waals surface area contributed by atoms with Gasteiger partial charge < -0.3 is 4.98 Å². The van der Waals surface area contributed by atoms with Gasteiger partial charge in [-0.05, 0) is 23.8 Å². The van der Waals surface area contributed by atoms with E-state index in [9.17, 15) is 18.5 Å². The standard InChI is InChI=1S/C11H10ClN3O4S/c12-10-2-1-9(5-11(10)15(16)17)20(18,19)14-7-8-3-4-13-6-8/h1-6,13-14H,7H2. The Morgan fingerprint density at radius 1 is 1.35 bits per heavy atom. The SMILES string of the molecule is O=[N+]([O-])c1cc(S(=O)(=O)NCc2cc[nH]c2)ccc1Cl. The zero-order valence-corrected chi connectivity index (χ0v) is 11.6. The van der Waals surface area contributed by atoms with E-state index >= 15 is 0 Å². The second-order valence-corrected chi connectivity index (χ2v) is 6.09. The van der Waals surface area contributed by atoms with E-state index in [1.54, 1.807) is 18.5 Å². The molecule has 106 valence electrons. The molecule has 1 aromatic carbocycles. The summed E-state index contributed by atoms with van der Waals surface area (Å²) in [4.78, 5) is 12.6. The highest BCUT2D eigenvalue weighted by Gasteiger charge is 2.20. The highest BCUT2D eigenvalue weighted by molar-refractivity contribution is 7.89. The van der Waals surface area contributed by atoms with Gasteiger partial charge in [0.25, 0.3) is 5.69 Å². The molecule has 9 heteroatoms. The third kappa shape index (κ3) is 3.16. The van der Waals surface area contributed by atoms with Gasteiger partial charge in [-0.25, -0.2) is 13.1 Å². The minimum absolute atomic E-state index is 0.0856. The van der Waals surface area contributed by atoms with Gasteiger partial charge in [-0.1, -0.05) is 11.6 Å². The number of nitrogens with zero attached hydrogens (tertiary/aromatic N) is 1. The Labute approximate surface area is 119 Å². The number of sulfonamides is 1. The largest absolute Gasteiger partial charge is 0.367 e. The van der Waals surface area contributed by atoms with Crippen LogP contribution in [0.2, 0.25) is 5.02 Å². The van der Waals surface area contributed by atoms with Crippen LogP contribution in [0.3, 0.4) is 0 Å². The Hall–Kier alpha value is -1.90. The number of hydrogen-bond donors (Lipinski definition) is 2. The van der Waals surface area contributed by atoms with Crippen LogP contribution >= 0.6 is 11.6 Å². The summed E-state index contributed by atoms with van der Waals surface area (Å²) in [6.45, 7) is 0.0856. The van der Waals surface area contributed by atoms with Crippen LogP contribution in [0.4, 0.5) is 5.69 Å². The molecule has 0 bridgehead atoms. The van der Waals surface area contributed by atoms with Crippen molar-refractivity contribution in [3.05, 3.63) is 57.4 Å². The lowest BCUT2D eigenvalue weighted by atomic mass is 10.3. The number of aromatic amines is 1. The first kappa shape index (κ1) is 14.5. The van der Waals surface area contributed by atoms with Gasteiger partial charge >= 0.3 is 0 Å². The molecule has 0 unspecified atom stereocenters. The number of hydrogen-bond acceptors (Lipinski definition) is 4. The van der Waals surface area contributed by atoms with Crippen molar-refractivity contribution in [3.8, 4) is 0 Å². The number of aromatic nitrogens is 1. The predicted molar refractivity (Wildman–Crippen MR) is 72.9 cm³/mol. The molecule has 20 heavy (non-hydrogen) atoms. The van der Waals surface area contributed by atoms with Crippen molar-refractivity contribution in [1.82, 2.24) is 9.71 Å². The molecule has 0 aliphatic carbocycles. The zero-order chi connectivity index (χ0) is 14.8. The maximum Gasteiger partial charge on any atom is 0.289 e. The summed E-state index contributed by atoms with van der Waals surface area (Å²) in [5.74, 6) is 0. The molecule has 0 atom stereocenters. The summed E-state index contributed by atoms with van der Waals surface area (Å²) >= 11 is 5.64. The molecule has 0 amide bonds. The molecule has 1 aromatic heterocycles. The molecule has 0 saturated carbocycles. The summed E-state index contributed by atoms with van der Waals surface area (Å²) in [5.41, 5.74) is 0.299. The van der Waals surface area contributed by atoms with Gasteiger partial charge in [0.15, 0.2) is 0 Å². The van der Waals surface area contributed by atoms with Crippen molar-refractivity contribution in [3.63, 3.8) is 0 Å². The first-order valence-electron chi connectivity index (χ1n) is 5.45. The maximum absolute atomic E-state index is 12.0. The first-order chi connectivity index (χ1) is 9.40. The van der Waals surface area contributed by atoms with Gasteiger partial charge in [0, 0.05) is 25.0 Å². The van der Waals surface area contributed by atoms with E-state index in [1.807, 2.05) is 0 Å². The molecule has 0 aliphatic rings. The fourth-order valence-corrected chi connectivity index (χ4v) is 2.75. The van der Waals surface area contributed by atoms with Gasteiger partial charge in [-0.3, -0.25) is 10.1 Å². The Morgan fingerprint density at radius 2 is 2.10 bits per heavy atom. The molecule has 0 fully saturated rings. The number of nitrogens with one attached hydrogen (secondary N) is 2. The fraction of sp³-hybridized carbons (Fsp3) is 0.0909. The van der Waals surface area contributed by atoms with Crippen LogP contribution in [0.5, 0.6) is 0 Å². The minimum Gasteiger partial charge on any atom is -0.367 e. The number of rotatable bonds is 5. The van der Waals surface area contributed by atoms with E-state index in [-0.39, 0.29) is 16.5 Å². The Balaban J connectivity index is 2.25. The second-order valence-electron chi connectivity index (χ2n) is 3.91. The highest BCUT2D eigenvalue weighted by atomic mass is 35.5. The van der Waals surface area contributed by atoms with Crippen molar-refractivity contribution in [2.24, 2.45) is 0 Å². The average Bonchev–Trinajstić information content (AvgIpc) is 2.89. The topological polar surface area (TPSA) is 105 Å². The maximum atomic E-state index is 12.0. The average molecular weight is 316 g/mol. The first-order valence-corrected chi connectivity index (χ1v) is 7.31. The molecular weight excluding hydrogens is 306 g/mol. The van der Waals surface area contributed by atoms with Crippen LogP contribution in [0.25, 0.3) is 0 Å². The van der Waals surface area contributed by atoms with Crippen LogP contribution in [0.15, 0.2) is 41.6 Å². The van der Waals surface area contributed by atoms with Crippen molar-refractivity contribution >= 4 is 27.3 Å². The lowest BCUT2D eigenvalue weighted by molar-refractivity contribution is -0.384. The van der Waals surface area contributed by atoms with Gasteiger partial charge in [0.2, 0.25) is 10.0 Å². The van der Waals surface area contributed by atoms with Crippen LogP contribution in [-0.4, -0.2) is 18.3 Å². The third-order valence-corrected chi connectivity index (χ3v) is 4.27. The predicted octanol–water partition coefficient (Wildman–Crippen LogP) is 2.05. The molecule has 1 heterocycles. The van der Waals surface area contributed by atoms with E-state index in [4.69, 9.17) is 11.6 Å². The van der Waals surface area contributed by atoms with E-state index < -0.39 is 20.6 Å². The van der Waals surface area contributed by atoms with Crippen molar-refractivity contribution in [2.45, 2.75) is 11.4 Å². The molecule has 0 radical (unpaired) electrons. The molecule has 7 nitrogen and oxygen atoms in total. The zero-order valence-electron chi connectivity index (χ0n) is 10.0. The number of nitro benzene ring substituents is 1. The van der Waals surface area contributed by atoms with Gasteiger partial charge in [-0.2, -0.15) is 0 Å². The van der Waals surface area contributed by atoms with Crippen LogP contribution in [0, 0.1) is 10.1 Å². The Bertz CT molecular complexity index is 728. The summed E-state index contributed by atoms with van der Waals surface area (Å²) in [7, 11) is -3.84. The number of halogens is 1. The van der Waals surface area contributed by atoms with E-state index in [1.165, 1.54) is 12.1 Å². The van der Waals surface area contributed by atoms with Crippen LogP contribution in [0.1, 0.15) is 5.56 Å². The highest BCUT2D eigenvalue weighted by Crippen LogP contribution is 2.27. The summed E-state index contributed by atoms with van der Waals surface area (Å²) in [6, 6.07) is 5.05. The number of H-pyrrole nitrogens is 1.